The molecule has 4 aliphatic heterocycles. The number of aliphatic hydroxyl groups is 1. The van der Waals surface area contributed by atoms with Gasteiger partial charge in [0.1, 0.15) is 35.4 Å². The molecule has 4 saturated heterocycles. The minimum atomic E-state index is -1.48. The number of rotatable bonds is 14. The first kappa shape index (κ1) is 51.4. The number of hydrogen-bond donors (Lipinski definition) is 3. The predicted octanol–water partition coefficient (Wildman–Crippen LogP) is 8.48. The molecule has 4 heterocycles. The van der Waals surface area contributed by atoms with Gasteiger partial charge in [-0.15, -0.1) is 0 Å². The summed E-state index contributed by atoms with van der Waals surface area (Å²) in [6.07, 6.45) is 4.96. The van der Waals surface area contributed by atoms with E-state index in [9.17, 15) is 19.5 Å². The maximum Gasteiger partial charge on any atom is 0.327 e. The lowest BCUT2D eigenvalue weighted by Crippen LogP contribution is -2.69. The van der Waals surface area contributed by atoms with Crippen LogP contribution in [-0.4, -0.2) is 94.3 Å². The summed E-state index contributed by atoms with van der Waals surface area (Å²) in [5.41, 5.74) is 4.03. The first-order valence-electron chi connectivity index (χ1n) is 27.0. The zero-order valence-electron chi connectivity index (χ0n) is 43.9. The molecule has 0 aromatic heterocycles. The molecule has 14 heteroatoms. The van der Waals surface area contributed by atoms with Crippen LogP contribution in [0.25, 0.3) is 6.08 Å². The van der Waals surface area contributed by atoms with Gasteiger partial charge in [0, 0.05) is 36.1 Å². The number of fused-ring (bicyclic) bond motifs is 6. The van der Waals surface area contributed by atoms with Gasteiger partial charge in [-0.1, -0.05) is 123 Å². The Hall–Kier alpha value is -5.74. The molecule has 2 bridgehead atoms. The second-order valence-electron chi connectivity index (χ2n) is 24.0. The number of hydrogen-bond acceptors (Lipinski definition) is 12. The number of carbonyl (C=O) groups is 4. The molecule has 0 spiro atoms. The van der Waals surface area contributed by atoms with Crippen molar-refractivity contribution in [3.05, 3.63) is 148 Å². The molecule has 7 aliphatic rings. The zero-order chi connectivity index (χ0) is 52.5. The number of nitrogens with zero attached hydrogens (tertiary/aromatic N) is 1. The Bertz CT molecular complexity index is 2810. The van der Waals surface area contributed by atoms with Gasteiger partial charge in [0.05, 0.1) is 30.9 Å². The van der Waals surface area contributed by atoms with Crippen LogP contribution in [0.15, 0.2) is 115 Å². The number of aliphatic hydroxyl groups excluding tert-OH is 1. The highest BCUT2D eigenvalue weighted by atomic mass is 16.8. The molecule has 3 N–H and O–H groups in total. The number of carbonyl (C=O) groups excluding carboxylic acids is 4. The largest absolute Gasteiger partial charge is 0.460 e. The van der Waals surface area contributed by atoms with Gasteiger partial charge in [-0.25, -0.2) is 0 Å². The van der Waals surface area contributed by atoms with Crippen LogP contribution in [0, 0.1) is 22.7 Å². The van der Waals surface area contributed by atoms with E-state index in [0.717, 1.165) is 54.4 Å². The lowest BCUT2D eigenvalue weighted by Gasteiger charge is -2.53. The normalized spacial score (nSPS) is 31.9. The lowest BCUT2D eigenvalue weighted by atomic mass is 9.52. The summed E-state index contributed by atoms with van der Waals surface area (Å²) in [5, 5.41) is 17.7. The third-order valence-electron chi connectivity index (χ3n) is 17.2. The van der Waals surface area contributed by atoms with Crippen molar-refractivity contribution in [2.24, 2.45) is 22.7 Å². The first-order chi connectivity index (χ1) is 35.9. The summed E-state index contributed by atoms with van der Waals surface area (Å²) in [7, 11) is 0. The second kappa shape index (κ2) is 19.7. The highest BCUT2D eigenvalue weighted by Gasteiger charge is 2.76. The molecule has 11 atom stereocenters. The molecule has 3 aliphatic carbocycles. The fraction of sp³-hybridized carbons (Fsp3) is 0.508. The molecule has 75 heavy (non-hydrogen) atoms. The number of esters is 2. The van der Waals surface area contributed by atoms with Crippen LogP contribution in [0.5, 0.6) is 0 Å². The van der Waals surface area contributed by atoms with Crippen molar-refractivity contribution in [1.29, 1.82) is 0 Å². The molecule has 11 rings (SSSR count). The van der Waals surface area contributed by atoms with Crippen LogP contribution in [0.2, 0.25) is 0 Å². The summed E-state index contributed by atoms with van der Waals surface area (Å²) >= 11 is 0. The minimum Gasteiger partial charge on any atom is -0.460 e. The monoisotopic (exact) mass is 1020 g/mol. The fourth-order valence-corrected chi connectivity index (χ4v) is 13.4. The van der Waals surface area contributed by atoms with Gasteiger partial charge in [0.2, 0.25) is 11.7 Å². The summed E-state index contributed by atoms with van der Waals surface area (Å²) in [6, 6.07) is 32.7. The molecule has 396 valence electrons. The second-order valence-corrected chi connectivity index (χ2v) is 24.0. The van der Waals surface area contributed by atoms with Gasteiger partial charge in [-0.2, -0.15) is 5.06 Å². The summed E-state index contributed by atoms with van der Waals surface area (Å²) in [4.78, 5) is 63.2. The highest BCUT2D eigenvalue weighted by molar-refractivity contribution is 5.95. The molecule has 11 unspecified atom stereocenters. The summed E-state index contributed by atoms with van der Waals surface area (Å²) in [6.45, 7) is 12.3. The van der Waals surface area contributed by atoms with E-state index in [-0.39, 0.29) is 50.0 Å². The molecular weight excluding hydrogens is 951 g/mol. The van der Waals surface area contributed by atoms with Crippen LogP contribution < -0.4 is 10.6 Å². The van der Waals surface area contributed by atoms with Crippen molar-refractivity contribution in [3.8, 4) is 0 Å². The van der Waals surface area contributed by atoms with Crippen LogP contribution in [0.4, 0.5) is 0 Å². The number of amides is 2. The van der Waals surface area contributed by atoms with Crippen LogP contribution >= 0.6 is 0 Å². The molecule has 4 aromatic carbocycles. The summed E-state index contributed by atoms with van der Waals surface area (Å²) in [5.74, 6) is -2.14. The van der Waals surface area contributed by atoms with Gasteiger partial charge in [0.25, 0.3) is 5.91 Å². The Morgan fingerprint density at radius 2 is 1.56 bits per heavy atom. The molecule has 7 fully saturated rings. The topological polar surface area (TPSA) is 174 Å². The van der Waals surface area contributed by atoms with Crippen LogP contribution in [0.3, 0.4) is 0 Å². The van der Waals surface area contributed by atoms with Gasteiger partial charge < -0.3 is 39.4 Å². The van der Waals surface area contributed by atoms with Crippen molar-refractivity contribution in [2.75, 3.05) is 6.61 Å². The smallest absolute Gasteiger partial charge is 0.327 e. The van der Waals surface area contributed by atoms with E-state index in [0.29, 0.717) is 29.1 Å². The molecule has 14 nitrogen and oxygen atoms in total. The maximum absolute atomic E-state index is 15.4. The maximum atomic E-state index is 15.4. The SMILES string of the molecule is CC(C)(C)OC(=O)CCC(CO)NC(=O)c1cccc(CNC(=O)C23CC4OC(=O)C2N(Cc2cccc(C=C5CCC6OC6(C)CCC6C5CC6(C)C)c2)OC3C2OC(c3ccccc3)(c3ccccc3)OC42)c1. The van der Waals surface area contributed by atoms with Gasteiger partial charge in [-0.3, -0.25) is 24.0 Å². The lowest BCUT2D eigenvalue weighted by molar-refractivity contribution is -0.213. The van der Waals surface area contributed by atoms with E-state index in [4.69, 9.17) is 28.5 Å². The number of epoxide rings is 1. The Kier molecular flexibility index (Phi) is 13.5. The molecular formula is C61H71N3O11. The third-order valence-corrected chi connectivity index (χ3v) is 17.2. The number of allylic oxidation sites excluding steroid dienone is 1. The van der Waals surface area contributed by atoms with Crippen molar-refractivity contribution < 1.29 is 52.8 Å². The van der Waals surface area contributed by atoms with Crippen molar-refractivity contribution >= 4 is 29.8 Å². The number of benzene rings is 4. The predicted molar refractivity (Wildman–Crippen MR) is 278 cm³/mol. The number of nitrogens with one attached hydrogen (secondary N) is 2. The van der Waals surface area contributed by atoms with E-state index < -0.39 is 77.1 Å². The van der Waals surface area contributed by atoms with E-state index in [1.54, 1.807) is 50.1 Å². The summed E-state index contributed by atoms with van der Waals surface area (Å²) < 4.78 is 32.3. The van der Waals surface area contributed by atoms with E-state index in [1.165, 1.54) is 5.57 Å². The molecule has 4 aromatic rings. The van der Waals surface area contributed by atoms with Gasteiger partial charge in [-0.05, 0) is 112 Å². The Morgan fingerprint density at radius 1 is 0.853 bits per heavy atom. The first-order valence-corrected chi connectivity index (χ1v) is 27.0. The number of hydroxylamine groups is 2. The van der Waals surface area contributed by atoms with E-state index >= 15 is 4.79 Å². The van der Waals surface area contributed by atoms with Crippen molar-refractivity contribution in [3.63, 3.8) is 0 Å². The minimum absolute atomic E-state index is 0.00460. The van der Waals surface area contributed by atoms with Crippen LogP contribution in [-0.2, 0) is 61.8 Å². The Morgan fingerprint density at radius 3 is 2.27 bits per heavy atom. The Labute approximate surface area is 439 Å². The average molecular weight is 1020 g/mol. The molecule has 0 radical (unpaired) electrons. The highest BCUT2D eigenvalue weighted by Crippen LogP contribution is 2.61. The average Bonchev–Trinajstić information content (AvgIpc) is 3.75. The fourth-order valence-electron chi connectivity index (χ4n) is 13.4. The van der Waals surface area contributed by atoms with Gasteiger partial charge >= 0.3 is 11.9 Å². The van der Waals surface area contributed by atoms with Crippen molar-refractivity contribution in [1.82, 2.24) is 15.7 Å². The Balaban J connectivity index is 0.878. The molecule has 2 amide bonds. The number of ether oxygens (including phenoxy) is 5. The van der Waals surface area contributed by atoms with Gasteiger partial charge in [0.15, 0.2) is 6.04 Å². The van der Waals surface area contributed by atoms with E-state index in [1.807, 2.05) is 72.8 Å². The standard InChI is InChI=1S/C61H71N3O11/c1-57(2,3)72-49(66)26-24-44(36-65)63-54(67)41-18-14-16-38(31-41)34-62-56(69)60-33-47-50-51(74-61(73-50,42-19-9-7-10-20-42)43-21-11-8-12-22-43)53(60)75-64(52(60)55(68)70-47)35-39-17-13-15-37(29-39)30-40-23-25-48-59(6,71-48)28-27-46-45(40)32-58(46,4)5/h7-22,29-31,44-48,50-53,65H,23-28,32-36H2,1-6H3,(H,62,69)(H,63,67). The third kappa shape index (κ3) is 9.76. The van der Waals surface area contributed by atoms with Crippen molar-refractivity contribution in [2.45, 2.75) is 166 Å². The molecule has 3 saturated carbocycles. The quantitative estimate of drug-likeness (QED) is 0.0814. The van der Waals surface area contributed by atoms with E-state index in [2.05, 4.69) is 49.6 Å². The van der Waals surface area contributed by atoms with Crippen LogP contribution in [0.1, 0.15) is 131 Å². The zero-order valence-corrected chi connectivity index (χ0v) is 43.9.